The highest BCUT2D eigenvalue weighted by atomic mass is 32.1. The minimum Gasteiger partial charge on any atom is -0.266 e. The van der Waals surface area contributed by atoms with Gasteiger partial charge >= 0.3 is 0 Å². The van der Waals surface area contributed by atoms with Gasteiger partial charge in [-0.05, 0) is 31.9 Å². The van der Waals surface area contributed by atoms with Gasteiger partial charge in [0.1, 0.15) is 5.01 Å². The smallest absolute Gasteiger partial charge is 0.266 e. The number of hydrogen-bond acceptors (Lipinski definition) is 5. The zero-order valence-corrected chi connectivity index (χ0v) is 13.4. The zero-order chi connectivity index (χ0) is 15.4. The van der Waals surface area contributed by atoms with E-state index in [1.807, 2.05) is 26.8 Å². The number of pyridine rings is 1. The first-order chi connectivity index (χ1) is 10.6. The summed E-state index contributed by atoms with van der Waals surface area (Å²) in [5, 5.41) is 6.68. The average Bonchev–Trinajstić information content (AvgIpc) is 2.91. The van der Waals surface area contributed by atoms with Gasteiger partial charge in [0.15, 0.2) is 0 Å². The third-order valence-corrected chi connectivity index (χ3v) is 4.87. The number of aromatic nitrogens is 4. The van der Waals surface area contributed by atoms with Crippen LogP contribution in [0.4, 0.5) is 0 Å². The van der Waals surface area contributed by atoms with Crippen molar-refractivity contribution in [3.05, 3.63) is 44.8 Å². The lowest BCUT2D eigenvalue weighted by Crippen LogP contribution is -2.15. The Balaban J connectivity index is 2.26. The summed E-state index contributed by atoms with van der Waals surface area (Å²) in [5.41, 5.74) is 3.70. The van der Waals surface area contributed by atoms with Gasteiger partial charge in [0.2, 0.25) is 4.96 Å². The Hall–Kier alpha value is -2.34. The fourth-order valence-corrected chi connectivity index (χ4v) is 3.63. The number of fused-ring (bicyclic) bond motifs is 4. The van der Waals surface area contributed by atoms with Crippen LogP contribution in [-0.2, 0) is 6.42 Å². The molecule has 6 heteroatoms. The molecule has 4 aromatic rings. The lowest BCUT2D eigenvalue weighted by Gasteiger charge is -2.06. The largest absolute Gasteiger partial charge is 0.284 e. The molecule has 3 aromatic heterocycles. The molecule has 0 saturated heterocycles. The first-order valence-corrected chi connectivity index (χ1v) is 7.98. The van der Waals surface area contributed by atoms with E-state index in [2.05, 4.69) is 16.1 Å². The van der Waals surface area contributed by atoms with Crippen LogP contribution in [0.5, 0.6) is 0 Å². The van der Waals surface area contributed by atoms with E-state index in [0.29, 0.717) is 15.9 Å². The molecule has 0 unspecified atom stereocenters. The third kappa shape index (κ3) is 1.77. The molecule has 4 rings (SSSR count). The first kappa shape index (κ1) is 13.3. The summed E-state index contributed by atoms with van der Waals surface area (Å²) >= 11 is 1.46. The predicted octanol–water partition coefficient (Wildman–Crippen LogP) is 3.03. The molecule has 0 atom stereocenters. The standard InChI is InChI=1S/C16H14N4OS/c1-4-12-19-20-15(21)11-7-17-13-9(3)5-8(2)6-10(13)14(11)18-16(20)22-12/h5-7H,4H2,1-3H3. The maximum Gasteiger partial charge on any atom is 0.284 e. The van der Waals surface area contributed by atoms with Crippen molar-refractivity contribution in [3.63, 3.8) is 0 Å². The molecule has 22 heavy (non-hydrogen) atoms. The van der Waals surface area contributed by atoms with Gasteiger partial charge < -0.3 is 0 Å². The van der Waals surface area contributed by atoms with Crippen molar-refractivity contribution in [2.24, 2.45) is 0 Å². The van der Waals surface area contributed by atoms with E-state index in [1.165, 1.54) is 15.9 Å². The lowest BCUT2D eigenvalue weighted by atomic mass is 10.1. The maximum absolute atomic E-state index is 12.7. The van der Waals surface area contributed by atoms with E-state index in [1.54, 1.807) is 6.20 Å². The second kappa shape index (κ2) is 4.58. The SMILES string of the molecule is CCc1nn2c(=O)c3cnc4c(C)cc(C)cc4c3nc2s1. The Labute approximate surface area is 130 Å². The number of rotatable bonds is 1. The fourth-order valence-electron chi connectivity index (χ4n) is 2.80. The van der Waals surface area contributed by atoms with Crippen LogP contribution in [-0.4, -0.2) is 19.6 Å². The second-order valence-corrected chi connectivity index (χ2v) is 6.50. The van der Waals surface area contributed by atoms with Gasteiger partial charge in [0, 0.05) is 11.6 Å². The molecular formula is C16H14N4OS. The molecule has 0 aliphatic heterocycles. The number of benzene rings is 1. The van der Waals surface area contributed by atoms with E-state index in [9.17, 15) is 4.79 Å². The third-order valence-electron chi connectivity index (χ3n) is 3.81. The molecule has 0 amide bonds. The lowest BCUT2D eigenvalue weighted by molar-refractivity contribution is 0.870. The van der Waals surface area contributed by atoms with Crippen LogP contribution < -0.4 is 5.56 Å². The van der Waals surface area contributed by atoms with Crippen molar-refractivity contribution in [1.29, 1.82) is 0 Å². The molecule has 0 saturated carbocycles. The summed E-state index contributed by atoms with van der Waals surface area (Å²) in [5.74, 6) is 0. The highest BCUT2D eigenvalue weighted by molar-refractivity contribution is 7.16. The van der Waals surface area contributed by atoms with E-state index >= 15 is 0 Å². The van der Waals surface area contributed by atoms with Crippen molar-refractivity contribution in [3.8, 4) is 0 Å². The highest BCUT2D eigenvalue weighted by Crippen LogP contribution is 2.25. The van der Waals surface area contributed by atoms with Crippen molar-refractivity contribution in [1.82, 2.24) is 19.6 Å². The summed E-state index contributed by atoms with van der Waals surface area (Å²) in [6.45, 7) is 6.09. The van der Waals surface area contributed by atoms with Gasteiger partial charge in [0.25, 0.3) is 5.56 Å². The minimum atomic E-state index is -0.149. The van der Waals surface area contributed by atoms with Crippen molar-refractivity contribution < 1.29 is 0 Å². The van der Waals surface area contributed by atoms with Crippen LogP contribution in [0.15, 0.2) is 23.1 Å². The molecule has 1 aromatic carbocycles. The summed E-state index contributed by atoms with van der Waals surface area (Å²) in [7, 11) is 0. The van der Waals surface area contributed by atoms with Gasteiger partial charge in [-0.25, -0.2) is 4.98 Å². The molecule has 0 N–H and O–H groups in total. The van der Waals surface area contributed by atoms with Crippen LogP contribution in [0.2, 0.25) is 0 Å². The van der Waals surface area contributed by atoms with E-state index in [0.717, 1.165) is 33.5 Å². The highest BCUT2D eigenvalue weighted by Gasteiger charge is 2.14. The Morgan fingerprint density at radius 1 is 1.18 bits per heavy atom. The van der Waals surface area contributed by atoms with E-state index < -0.39 is 0 Å². The van der Waals surface area contributed by atoms with Crippen molar-refractivity contribution >= 4 is 38.1 Å². The van der Waals surface area contributed by atoms with E-state index in [4.69, 9.17) is 4.98 Å². The average molecular weight is 310 g/mol. The molecule has 0 spiro atoms. The fraction of sp³-hybridized carbons (Fsp3) is 0.250. The quantitative estimate of drug-likeness (QED) is 0.507. The van der Waals surface area contributed by atoms with Crippen LogP contribution in [0.3, 0.4) is 0 Å². The topological polar surface area (TPSA) is 60.2 Å². The normalized spacial score (nSPS) is 11.8. The van der Waals surface area contributed by atoms with Crippen LogP contribution >= 0.6 is 11.3 Å². The van der Waals surface area contributed by atoms with Crippen LogP contribution in [0, 0.1) is 13.8 Å². The molecule has 110 valence electrons. The van der Waals surface area contributed by atoms with Crippen LogP contribution in [0.1, 0.15) is 23.1 Å². The van der Waals surface area contributed by atoms with Crippen LogP contribution in [0.25, 0.3) is 26.8 Å². The monoisotopic (exact) mass is 310 g/mol. The van der Waals surface area contributed by atoms with Gasteiger partial charge in [-0.1, -0.05) is 29.9 Å². The predicted molar refractivity (Wildman–Crippen MR) is 88.8 cm³/mol. The summed E-state index contributed by atoms with van der Waals surface area (Å²) < 4.78 is 1.39. The van der Waals surface area contributed by atoms with Gasteiger partial charge in [-0.15, -0.1) is 0 Å². The van der Waals surface area contributed by atoms with Gasteiger partial charge in [-0.3, -0.25) is 9.78 Å². The molecular weight excluding hydrogens is 296 g/mol. The first-order valence-electron chi connectivity index (χ1n) is 7.17. The maximum atomic E-state index is 12.7. The molecule has 5 nitrogen and oxygen atoms in total. The minimum absolute atomic E-state index is 0.149. The molecule has 0 aliphatic rings. The summed E-state index contributed by atoms with van der Waals surface area (Å²) in [6, 6.07) is 4.14. The summed E-state index contributed by atoms with van der Waals surface area (Å²) in [4.78, 5) is 22.5. The number of nitrogens with zero attached hydrogens (tertiary/aromatic N) is 4. The van der Waals surface area contributed by atoms with Crippen molar-refractivity contribution in [2.75, 3.05) is 0 Å². The van der Waals surface area contributed by atoms with Gasteiger partial charge in [0.05, 0.1) is 16.4 Å². The second-order valence-electron chi connectivity index (χ2n) is 5.46. The number of hydrogen-bond donors (Lipinski definition) is 0. The molecule has 0 bridgehead atoms. The number of aryl methyl sites for hydroxylation is 3. The Morgan fingerprint density at radius 2 is 2.00 bits per heavy atom. The Bertz CT molecular complexity index is 1110. The molecule has 0 aliphatic carbocycles. The summed E-state index contributed by atoms with van der Waals surface area (Å²) in [6.07, 6.45) is 2.41. The molecule has 3 heterocycles. The zero-order valence-electron chi connectivity index (χ0n) is 12.5. The van der Waals surface area contributed by atoms with Gasteiger partial charge in [-0.2, -0.15) is 9.61 Å². The molecule has 0 radical (unpaired) electrons. The van der Waals surface area contributed by atoms with Crippen molar-refractivity contribution in [2.45, 2.75) is 27.2 Å². The Morgan fingerprint density at radius 3 is 2.77 bits per heavy atom. The van der Waals surface area contributed by atoms with E-state index in [-0.39, 0.29) is 5.56 Å². The Kier molecular flexibility index (Phi) is 2.77. The molecule has 0 fully saturated rings.